The number of carbonyl (C=O) groups is 1. The average Bonchev–Trinajstić information content (AvgIpc) is 3.17. The van der Waals surface area contributed by atoms with E-state index in [0.29, 0.717) is 15.7 Å². The molecule has 0 N–H and O–H groups in total. The number of rotatable bonds is 3. The van der Waals surface area contributed by atoms with E-state index in [4.69, 9.17) is 13.5 Å². The van der Waals surface area contributed by atoms with E-state index in [-0.39, 0.29) is 5.97 Å². The van der Waals surface area contributed by atoms with E-state index in [1.165, 1.54) is 44.9 Å². The first-order chi connectivity index (χ1) is 15.7. The minimum absolute atomic E-state index is 0.132. The first-order valence-electron chi connectivity index (χ1n) is 11.5. The fraction of sp³-hybridized carbons (Fsp3) is 0.444. The van der Waals surface area contributed by atoms with E-state index in [9.17, 15) is 4.79 Å². The third kappa shape index (κ3) is 4.94. The molecule has 3 aliphatic carbocycles. The number of fused-ring (bicyclic) bond motifs is 2. The molecule has 0 bridgehead atoms. The first kappa shape index (κ1) is 24.9. The number of carbonyl (C=O) groups excluding carboxylic acids is 1. The van der Waals surface area contributed by atoms with Gasteiger partial charge in [0, 0.05) is 0 Å². The molecule has 2 aromatic rings. The second-order valence-corrected chi connectivity index (χ2v) is 10.1. The Labute approximate surface area is 200 Å². The molecule has 0 amide bonds. The van der Waals surface area contributed by atoms with Crippen LogP contribution in [0.1, 0.15) is 62.2 Å². The van der Waals surface area contributed by atoms with Crippen LogP contribution in [0.25, 0.3) is 10.8 Å². The Morgan fingerprint density at radius 2 is 1.59 bits per heavy atom. The summed E-state index contributed by atoms with van der Waals surface area (Å²) in [7, 11) is 1.50. The standard InChI is InChI=1S/C14H19.C11H8O2.2CH3O.Ti/c1-10-11-6-2-4-8-13(11)14-9-5-3-7-12(10)14;12-11(13)10-7-3-5-8-4-1-2-6-9(8)10;2*1-2;/h6,10H,2-5,7-9H2,1H3;1-7H,(H,12,13);2*1H3;/q;;2*-1;+3/p-1. The predicted molar refractivity (Wildman–Crippen MR) is 120 cm³/mol. The summed E-state index contributed by atoms with van der Waals surface area (Å²) in [5, 5.41) is 18.6. The molecule has 5 heteroatoms. The molecule has 2 atom stereocenters. The molecule has 0 heterocycles. The molecule has 5 rings (SSSR count). The van der Waals surface area contributed by atoms with Gasteiger partial charge in [-0.2, -0.15) is 14.2 Å². The molecule has 2 unspecified atom stereocenters. The summed E-state index contributed by atoms with van der Waals surface area (Å²) in [5.41, 5.74) is 7.46. The van der Waals surface area contributed by atoms with Crippen molar-refractivity contribution in [1.29, 1.82) is 0 Å². The van der Waals surface area contributed by atoms with Crippen LogP contribution in [-0.4, -0.2) is 20.2 Å². The SMILES string of the molecule is CC1C2=C(CCCC2)C2=C1[CH]([Ti+2][O]C(=O)c1cccc3ccccc13)CCC2.C[O-].C[O-]. The molecule has 4 nitrogen and oxygen atoms in total. The molecule has 0 aromatic heterocycles. The molecule has 0 radical (unpaired) electrons. The Kier molecular flexibility index (Phi) is 9.30. The Bertz CT molecular complexity index is 1000. The van der Waals surface area contributed by atoms with Crippen molar-refractivity contribution in [2.45, 2.75) is 56.1 Å². The maximum atomic E-state index is 12.9. The Hall–Kier alpha value is -1.72. The maximum Gasteiger partial charge on any atom is -0.153 e. The van der Waals surface area contributed by atoms with Gasteiger partial charge in [-0.05, 0) is 0 Å². The zero-order valence-electron chi connectivity index (χ0n) is 19.3. The van der Waals surface area contributed by atoms with Gasteiger partial charge in [0.05, 0.1) is 0 Å². The molecule has 3 aliphatic rings. The molecule has 168 valence electrons. The second-order valence-electron chi connectivity index (χ2n) is 8.35. The quantitative estimate of drug-likeness (QED) is 0.611. The van der Waals surface area contributed by atoms with Crippen molar-refractivity contribution in [3.63, 3.8) is 0 Å². The van der Waals surface area contributed by atoms with E-state index in [1.807, 2.05) is 30.3 Å². The van der Waals surface area contributed by atoms with Crippen LogP contribution in [0.4, 0.5) is 0 Å². The molecular weight excluding hydrogens is 436 g/mol. The van der Waals surface area contributed by atoms with Gasteiger partial charge >= 0.3 is 177 Å². The summed E-state index contributed by atoms with van der Waals surface area (Å²) in [4.78, 5) is 12.9. The first-order valence-corrected chi connectivity index (χ1v) is 13.0. The maximum absolute atomic E-state index is 12.9. The van der Waals surface area contributed by atoms with Crippen molar-refractivity contribution in [3.8, 4) is 0 Å². The average molecular weight is 468 g/mol. The van der Waals surface area contributed by atoms with Crippen molar-refractivity contribution in [2.75, 3.05) is 14.2 Å². The van der Waals surface area contributed by atoms with Crippen molar-refractivity contribution in [3.05, 3.63) is 70.3 Å². The van der Waals surface area contributed by atoms with Crippen molar-refractivity contribution < 1.29 is 37.9 Å². The van der Waals surface area contributed by atoms with Crippen LogP contribution in [0.2, 0.25) is 4.22 Å². The van der Waals surface area contributed by atoms with Gasteiger partial charge in [-0.25, -0.2) is 0 Å². The minimum Gasteiger partial charge on any atom is -0.857 e. The summed E-state index contributed by atoms with van der Waals surface area (Å²) >= 11 is -0.802. The molecule has 32 heavy (non-hydrogen) atoms. The Morgan fingerprint density at radius 1 is 0.906 bits per heavy atom. The molecule has 0 saturated carbocycles. The van der Waals surface area contributed by atoms with Gasteiger partial charge in [0.25, 0.3) is 0 Å². The summed E-state index contributed by atoms with van der Waals surface area (Å²) < 4.78 is 6.54. The van der Waals surface area contributed by atoms with Gasteiger partial charge < -0.3 is 10.2 Å². The fourth-order valence-corrected chi connectivity index (χ4v) is 7.45. The van der Waals surface area contributed by atoms with Crippen LogP contribution in [0.5, 0.6) is 0 Å². The van der Waals surface area contributed by atoms with E-state index < -0.39 is 19.5 Å². The molecule has 0 spiro atoms. The predicted octanol–water partition coefficient (Wildman–Crippen LogP) is 4.74. The van der Waals surface area contributed by atoms with Gasteiger partial charge in [0.2, 0.25) is 0 Å². The van der Waals surface area contributed by atoms with Crippen molar-refractivity contribution >= 4 is 16.7 Å². The monoisotopic (exact) mass is 468 g/mol. The minimum atomic E-state index is -0.802. The second kappa shape index (κ2) is 11.9. The fourth-order valence-electron chi connectivity index (χ4n) is 5.53. The third-order valence-corrected chi connectivity index (χ3v) is 8.67. The normalized spacial score (nSPS) is 21.4. The zero-order valence-corrected chi connectivity index (χ0v) is 20.8. The smallest absolute Gasteiger partial charge is 0.153 e. The van der Waals surface area contributed by atoms with Crippen molar-refractivity contribution in [1.82, 2.24) is 0 Å². The van der Waals surface area contributed by atoms with Gasteiger partial charge in [-0.1, -0.05) is 0 Å². The van der Waals surface area contributed by atoms with Crippen LogP contribution in [0.3, 0.4) is 0 Å². The van der Waals surface area contributed by atoms with Crippen LogP contribution in [-0.2, 0) is 22.9 Å². The molecule has 0 saturated heterocycles. The number of hydrogen-bond acceptors (Lipinski definition) is 4. The van der Waals surface area contributed by atoms with Gasteiger partial charge in [-0.3, -0.25) is 0 Å². The van der Waals surface area contributed by atoms with Crippen LogP contribution in [0, 0.1) is 5.92 Å². The van der Waals surface area contributed by atoms with Gasteiger partial charge in [-0.15, -0.1) is 0 Å². The van der Waals surface area contributed by atoms with Crippen molar-refractivity contribution in [2.24, 2.45) is 5.92 Å². The Morgan fingerprint density at radius 3 is 2.41 bits per heavy atom. The van der Waals surface area contributed by atoms with Gasteiger partial charge in [0.1, 0.15) is 0 Å². The van der Waals surface area contributed by atoms with E-state index in [2.05, 4.69) is 19.1 Å². The van der Waals surface area contributed by atoms with Gasteiger partial charge in [0.15, 0.2) is 0 Å². The van der Waals surface area contributed by atoms with Crippen LogP contribution in [0.15, 0.2) is 64.8 Å². The van der Waals surface area contributed by atoms with E-state index in [1.54, 1.807) is 22.3 Å². The van der Waals surface area contributed by atoms with E-state index in [0.717, 1.165) is 25.0 Å². The van der Waals surface area contributed by atoms with Crippen LogP contribution >= 0.6 is 0 Å². The van der Waals surface area contributed by atoms with Crippen LogP contribution < -0.4 is 10.2 Å². The molecule has 2 aromatic carbocycles. The number of allylic oxidation sites excluding steroid dienone is 4. The zero-order chi connectivity index (χ0) is 23.1. The third-order valence-electron chi connectivity index (χ3n) is 6.81. The largest absolute Gasteiger partial charge is 0.857 e. The number of hydrogen-bond donors (Lipinski definition) is 0. The molecular formula is C27H32O4Ti. The summed E-state index contributed by atoms with van der Waals surface area (Å²) in [6, 6.07) is 14.0. The summed E-state index contributed by atoms with van der Waals surface area (Å²) in [6.07, 6.45) is 8.96. The molecule has 0 fully saturated rings. The Balaban J connectivity index is 0.000000686. The summed E-state index contributed by atoms with van der Waals surface area (Å²) in [6.45, 7) is 2.40. The number of benzene rings is 2. The molecule has 0 aliphatic heterocycles. The topological polar surface area (TPSA) is 72.4 Å². The summed E-state index contributed by atoms with van der Waals surface area (Å²) in [5.74, 6) is 0.462. The van der Waals surface area contributed by atoms with E-state index >= 15 is 0 Å².